The van der Waals surface area contributed by atoms with Gasteiger partial charge in [0.1, 0.15) is 0 Å². The summed E-state index contributed by atoms with van der Waals surface area (Å²) in [4.78, 5) is 8.88. The van der Waals surface area contributed by atoms with Crippen molar-refractivity contribution in [2.45, 2.75) is 19.3 Å². The van der Waals surface area contributed by atoms with E-state index in [-0.39, 0.29) is 0 Å². The lowest BCUT2D eigenvalue weighted by Gasteiger charge is -2.12. The lowest BCUT2D eigenvalue weighted by Crippen LogP contribution is -2.08. The molecule has 3 heteroatoms. The first-order valence-corrected chi connectivity index (χ1v) is 7.33. The minimum atomic E-state index is 0.527. The van der Waals surface area contributed by atoms with Crippen molar-refractivity contribution in [1.29, 1.82) is 0 Å². The molecule has 0 radical (unpaired) electrons. The summed E-state index contributed by atoms with van der Waals surface area (Å²) in [6.45, 7) is 3.12. The molecule has 0 fully saturated rings. The van der Waals surface area contributed by atoms with Gasteiger partial charge in [-0.1, -0.05) is 55.5 Å². The largest absolute Gasteiger partial charge is 0.354 e. The smallest absolute Gasteiger partial charge is 0.223 e. The van der Waals surface area contributed by atoms with E-state index in [1.54, 1.807) is 0 Å². The number of nitrogens with zero attached hydrogens (tertiary/aromatic N) is 2. The number of aromatic nitrogens is 2. The standard InChI is InChI=1S/C18H19N3/c1-14(15-7-3-2-4-8-15)11-12-19-18-20-13-16-9-5-6-10-17(16)21-18/h2-10,13-14H,11-12H2,1H3,(H,19,20,21). The molecule has 0 aliphatic carbocycles. The number of hydrogen-bond donors (Lipinski definition) is 1. The molecule has 0 saturated carbocycles. The first-order valence-electron chi connectivity index (χ1n) is 7.33. The van der Waals surface area contributed by atoms with Gasteiger partial charge in [-0.2, -0.15) is 0 Å². The molecule has 21 heavy (non-hydrogen) atoms. The fourth-order valence-corrected chi connectivity index (χ4v) is 2.41. The van der Waals surface area contributed by atoms with Crippen LogP contribution >= 0.6 is 0 Å². The molecule has 3 rings (SSSR count). The van der Waals surface area contributed by atoms with Crippen LogP contribution in [0.25, 0.3) is 10.9 Å². The van der Waals surface area contributed by atoms with Gasteiger partial charge in [0.2, 0.25) is 5.95 Å². The minimum Gasteiger partial charge on any atom is -0.354 e. The molecule has 1 atom stereocenters. The number of para-hydroxylation sites is 1. The second-order valence-corrected chi connectivity index (χ2v) is 5.28. The fourth-order valence-electron chi connectivity index (χ4n) is 2.41. The predicted molar refractivity (Wildman–Crippen MR) is 87.5 cm³/mol. The van der Waals surface area contributed by atoms with Crippen LogP contribution in [0.2, 0.25) is 0 Å². The molecule has 1 aromatic heterocycles. The van der Waals surface area contributed by atoms with E-state index in [1.807, 2.05) is 30.5 Å². The van der Waals surface area contributed by atoms with Crippen molar-refractivity contribution < 1.29 is 0 Å². The van der Waals surface area contributed by atoms with Crippen LogP contribution in [0.3, 0.4) is 0 Å². The Balaban J connectivity index is 1.59. The maximum Gasteiger partial charge on any atom is 0.223 e. The number of hydrogen-bond acceptors (Lipinski definition) is 3. The van der Waals surface area contributed by atoms with Gasteiger partial charge in [0.15, 0.2) is 0 Å². The Morgan fingerprint density at radius 2 is 1.76 bits per heavy atom. The summed E-state index contributed by atoms with van der Waals surface area (Å²) in [5.74, 6) is 1.23. The van der Waals surface area contributed by atoms with Crippen molar-refractivity contribution in [3.05, 3.63) is 66.4 Å². The highest BCUT2D eigenvalue weighted by atomic mass is 15.1. The first-order chi connectivity index (χ1) is 10.3. The number of rotatable bonds is 5. The van der Waals surface area contributed by atoms with Gasteiger partial charge in [0.05, 0.1) is 5.52 Å². The van der Waals surface area contributed by atoms with Crippen LogP contribution in [0.4, 0.5) is 5.95 Å². The highest BCUT2D eigenvalue weighted by Crippen LogP contribution is 2.18. The van der Waals surface area contributed by atoms with Crippen LogP contribution < -0.4 is 5.32 Å². The zero-order valence-electron chi connectivity index (χ0n) is 12.2. The Morgan fingerprint density at radius 3 is 2.62 bits per heavy atom. The van der Waals surface area contributed by atoms with Crippen LogP contribution in [-0.2, 0) is 0 Å². The average Bonchev–Trinajstić information content (AvgIpc) is 2.55. The Hall–Kier alpha value is -2.42. The van der Waals surface area contributed by atoms with Crippen LogP contribution in [0.5, 0.6) is 0 Å². The summed E-state index contributed by atoms with van der Waals surface area (Å²) in [6.07, 6.45) is 2.92. The van der Waals surface area contributed by atoms with Gasteiger partial charge in [0, 0.05) is 18.1 Å². The number of fused-ring (bicyclic) bond motifs is 1. The highest BCUT2D eigenvalue weighted by Gasteiger charge is 2.05. The fraction of sp³-hybridized carbons (Fsp3) is 0.222. The summed E-state index contributed by atoms with van der Waals surface area (Å²) in [5.41, 5.74) is 2.35. The van der Waals surface area contributed by atoms with Gasteiger partial charge in [-0.25, -0.2) is 9.97 Å². The maximum atomic E-state index is 4.52. The third kappa shape index (κ3) is 3.37. The molecule has 1 N–H and O–H groups in total. The minimum absolute atomic E-state index is 0.527. The number of benzene rings is 2. The summed E-state index contributed by atoms with van der Waals surface area (Å²) in [7, 11) is 0. The molecular weight excluding hydrogens is 258 g/mol. The van der Waals surface area contributed by atoms with E-state index in [2.05, 4.69) is 52.5 Å². The molecule has 0 amide bonds. The molecule has 0 spiro atoms. The van der Waals surface area contributed by atoms with E-state index in [9.17, 15) is 0 Å². The van der Waals surface area contributed by atoms with E-state index in [0.29, 0.717) is 11.9 Å². The third-order valence-electron chi connectivity index (χ3n) is 3.72. The van der Waals surface area contributed by atoms with Crippen molar-refractivity contribution in [3.63, 3.8) is 0 Å². The SMILES string of the molecule is CC(CCNc1ncc2ccccc2n1)c1ccccc1. The second-order valence-electron chi connectivity index (χ2n) is 5.28. The summed E-state index contributed by atoms with van der Waals surface area (Å²) >= 11 is 0. The van der Waals surface area contributed by atoms with Crippen molar-refractivity contribution in [2.75, 3.05) is 11.9 Å². The van der Waals surface area contributed by atoms with E-state index in [1.165, 1.54) is 5.56 Å². The lowest BCUT2D eigenvalue weighted by molar-refractivity contribution is 0.703. The monoisotopic (exact) mass is 277 g/mol. The quantitative estimate of drug-likeness (QED) is 0.758. The predicted octanol–water partition coefficient (Wildman–Crippen LogP) is 4.24. The van der Waals surface area contributed by atoms with Crippen molar-refractivity contribution in [1.82, 2.24) is 9.97 Å². The van der Waals surface area contributed by atoms with Gasteiger partial charge in [-0.05, 0) is 24.0 Å². The van der Waals surface area contributed by atoms with Gasteiger partial charge in [-0.3, -0.25) is 0 Å². The molecule has 1 unspecified atom stereocenters. The van der Waals surface area contributed by atoms with Gasteiger partial charge >= 0.3 is 0 Å². The Bertz CT molecular complexity index is 710. The first kappa shape index (κ1) is 13.6. The summed E-state index contributed by atoms with van der Waals surface area (Å²) < 4.78 is 0. The van der Waals surface area contributed by atoms with E-state index >= 15 is 0 Å². The highest BCUT2D eigenvalue weighted by molar-refractivity contribution is 5.78. The maximum absolute atomic E-state index is 4.52. The van der Waals surface area contributed by atoms with E-state index in [0.717, 1.165) is 23.9 Å². The van der Waals surface area contributed by atoms with Crippen molar-refractivity contribution in [2.24, 2.45) is 0 Å². The van der Waals surface area contributed by atoms with Gasteiger partial charge in [0.25, 0.3) is 0 Å². The van der Waals surface area contributed by atoms with Crippen molar-refractivity contribution >= 4 is 16.9 Å². The molecule has 0 aliphatic rings. The molecule has 1 heterocycles. The van der Waals surface area contributed by atoms with Crippen LogP contribution in [0.1, 0.15) is 24.8 Å². The van der Waals surface area contributed by atoms with E-state index < -0.39 is 0 Å². The molecule has 0 bridgehead atoms. The zero-order chi connectivity index (χ0) is 14.5. The molecule has 106 valence electrons. The normalized spacial score (nSPS) is 12.2. The lowest BCUT2D eigenvalue weighted by atomic mass is 9.98. The van der Waals surface area contributed by atoms with Gasteiger partial charge in [-0.15, -0.1) is 0 Å². The van der Waals surface area contributed by atoms with Crippen LogP contribution in [0, 0.1) is 0 Å². The van der Waals surface area contributed by atoms with Crippen LogP contribution in [0.15, 0.2) is 60.8 Å². The summed E-state index contributed by atoms with van der Waals surface area (Å²) in [5, 5.41) is 4.39. The van der Waals surface area contributed by atoms with Crippen molar-refractivity contribution in [3.8, 4) is 0 Å². The average molecular weight is 277 g/mol. The molecular formula is C18H19N3. The molecule has 0 aliphatic heterocycles. The third-order valence-corrected chi connectivity index (χ3v) is 3.72. The molecule has 3 nitrogen and oxygen atoms in total. The van der Waals surface area contributed by atoms with Crippen LogP contribution in [-0.4, -0.2) is 16.5 Å². The zero-order valence-corrected chi connectivity index (χ0v) is 12.2. The molecule has 3 aromatic rings. The Kier molecular flexibility index (Phi) is 4.10. The topological polar surface area (TPSA) is 37.8 Å². The molecule has 2 aromatic carbocycles. The van der Waals surface area contributed by atoms with Gasteiger partial charge < -0.3 is 5.32 Å². The Morgan fingerprint density at radius 1 is 1.00 bits per heavy atom. The second kappa shape index (κ2) is 6.35. The Labute approximate surface area is 125 Å². The summed E-state index contributed by atoms with van der Waals surface area (Å²) in [6, 6.07) is 18.6. The molecule has 0 saturated heterocycles. The number of nitrogens with one attached hydrogen (secondary N) is 1. The van der Waals surface area contributed by atoms with E-state index in [4.69, 9.17) is 0 Å². The number of anilines is 1.